The number of benzene rings is 1. The molecule has 1 aromatic rings. The number of rotatable bonds is 4. The fourth-order valence-corrected chi connectivity index (χ4v) is 3.17. The number of piperidine rings is 1. The summed E-state index contributed by atoms with van der Waals surface area (Å²) < 4.78 is 0.932. The zero-order chi connectivity index (χ0) is 15.5. The lowest BCUT2D eigenvalue weighted by atomic mass is 9.78. The van der Waals surface area contributed by atoms with E-state index in [1.807, 2.05) is 6.07 Å². The van der Waals surface area contributed by atoms with E-state index < -0.39 is 5.97 Å². The molecule has 0 radical (unpaired) electrons. The molecule has 0 amide bonds. The maximum absolute atomic E-state index is 10.6. The smallest absolute Gasteiger partial charge is 0.328 e. The third kappa shape index (κ3) is 4.10. The van der Waals surface area contributed by atoms with Gasteiger partial charge in [-0.3, -0.25) is 0 Å². The molecule has 0 spiro atoms. The third-order valence-corrected chi connectivity index (χ3v) is 5.27. The largest absolute Gasteiger partial charge is 0.478 e. The second kappa shape index (κ2) is 6.65. The molecular formula is C17H22BrNO2. The quantitative estimate of drug-likeness (QED) is 0.808. The van der Waals surface area contributed by atoms with Crippen molar-refractivity contribution >= 4 is 33.7 Å². The van der Waals surface area contributed by atoms with Gasteiger partial charge in [-0.25, -0.2) is 4.79 Å². The van der Waals surface area contributed by atoms with Crippen LogP contribution in [-0.4, -0.2) is 24.2 Å². The molecule has 0 saturated carbocycles. The summed E-state index contributed by atoms with van der Waals surface area (Å²) in [5.74, 6) is -0.930. The standard InChI is InChI=1S/C17H22BrNO2/c1-3-17(2)8-10-19(11-9-17)14-6-4-13(15(18)12-14)5-7-16(20)21/h4-7,12H,3,8-11H2,1-2H3,(H,20,21)/b7-5+. The average Bonchev–Trinajstić information content (AvgIpc) is 2.46. The van der Waals surface area contributed by atoms with Gasteiger partial charge in [0.05, 0.1) is 0 Å². The summed E-state index contributed by atoms with van der Waals surface area (Å²) in [7, 11) is 0. The number of aliphatic carboxylic acids is 1. The van der Waals surface area contributed by atoms with Crippen molar-refractivity contribution in [1.29, 1.82) is 0 Å². The predicted molar refractivity (Wildman–Crippen MR) is 90.7 cm³/mol. The minimum Gasteiger partial charge on any atom is -0.478 e. The monoisotopic (exact) mass is 351 g/mol. The van der Waals surface area contributed by atoms with Crippen LogP contribution in [0.25, 0.3) is 6.08 Å². The molecule has 1 N–H and O–H groups in total. The molecule has 2 rings (SSSR count). The van der Waals surface area contributed by atoms with E-state index in [0.717, 1.165) is 29.2 Å². The SMILES string of the molecule is CCC1(C)CCN(c2ccc(/C=C/C(=O)O)c(Br)c2)CC1. The highest BCUT2D eigenvalue weighted by atomic mass is 79.9. The molecule has 1 aromatic carbocycles. The van der Waals surface area contributed by atoms with Gasteiger partial charge in [-0.15, -0.1) is 0 Å². The molecule has 1 heterocycles. The zero-order valence-corrected chi connectivity index (χ0v) is 14.2. The Labute approximate surface area is 134 Å². The molecular weight excluding hydrogens is 330 g/mol. The van der Waals surface area contributed by atoms with E-state index in [-0.39, 0.29) is 0 Å². The molecule has 0 atom stereocenters. The van der Waals surface area contributed by atoms with Gasteiger partial charge in [-0.2, -0.15) is 0 Å². The molecule has 4 heteroatoms. The molecule has 0 unspecified atom stereocenters. The van der Waals surface area contributed by atoms with Gasteiger partial charge in [0.15, 0.2) is 0 Å². The van der Waals surface area contributed by atoms with Gasteiger partial charge in [-0.1, -0.05) is 42.3 Å². The zero-order valence-electron chi connectivity index (χ0n) is 12.6. The van der Waals surface area contributed by atoms with Crippen molar-refractivity contribution in [3.63, 3.8) is 0 Å². The van der Waals surface area contributed by atoms with E-state index in [4.69, 9.17) is 5.11 Å². The lowest BCUT2D eigenvalue weighted by molar-refractivity contribution is -0.131. The molecule has 1 aliphatic heterocycles. The van der Waals surface area contributed by atoms with Crippen LogP contribution in [0.1, 0.15) is 38.7 Å². The summed E-state index contributed by atoms with van der Waals surface area (Å²) in [5.41, 5.74) is 2.57. The summed E-state index contributed by atoms with van der Waals surface area (Å²) in [6.45, 7) is 6.82. The molecule has 114 valence electrons. The summed E-state index contributed by atoms with van der Waals surface area (Å²) >= 11 is 3.53. The van der Waals surface area contributed by atoms with Crippen molar-refractivity contribution in [2.24, 2.45) is 5.41 Å². The van der Waals surface area contributed by atoms with Crippen LogP contribution >= 0.6 is 15.9 Å². The molecule has 1 saturated heterocycles. The van der Waals surface area contributed by atoms with Crippen LogP contribution in [0.15, 0.2) is 28.7 Å². The fourth-order valence-electron chi connectivity index (χ4n) is 2.67. The Morgan fingerprint density at radius 2 is 2.10 bits per heavy atom. The fraction of sp³-hybridized carbons (Fsp3) is 0.471. The summed E-state index contributed by atoms with van der Waals surface area (Å²) in [5, 5.41) is 8.69. The molecule has 21 heavy (non-hydrogen) atoms. The van der Waals surface area contributed by atoms with E-state index in [2.05, 4.69) is 46.8 Å². The van der Waals surface area contributed by atoms with Gasteiger partial charge in [-0.05, 0) is 42.0 Å². The van der Waals surface area contributed by atoms with Crippen LogP contribution < -0.4 is 4.90 Å². The minimum atomic E-state index is -0.930. The first-order valence-corrected chi connectivity index (χ1v) is 8.18. The molecule has 0 bridgehead atoms. The maximum Gasteiger partial charge on any atom is 0.328 e. The number of nitrogens with zero attached hydrogens (tertiary/aromatic N) is 1. The van der Waals surface area contributed by atoms with E-state index in [9.17, 15) is 4.79 Å². The Morgan fingerprint density at radius 1 is 1.43 bits per heavy atom. The van der Waals surface area contributed by atoms with Crippen LogP contribution in [0, 0.1) is 5.41 Å². The van der Waals surface area contributed by atoms with Crippen molar-refractivity contribution in [2.45, 2.75) is 33.1 Å². The Kier molecular flexibility index (Phi) is 5.09. The van der Waals surface area contributed by atoms with Gasteiger partial charge in [0, 0.05) is 29.3 Å². The summed E-state index contributed by atoms with van der Waals surface area (Å²) in [6.07, 6.45) is 6.46. The van der Waals surface area contributed by atoms with Gasteiger partial charge < -0.3 is 10.0 Å². The summed E-state index contributed by atoms with van der Waals surface area (Å²) in [4.78, 5) is 13.0. The third-order valence-electron chi connectivity index (χ3n) is 4.58. The molecule has 1 fully saturated rings. The summed E-state index contributed by atoms with van der Waals surface area (Å²) in [6, 6.07) is 6.11. The van der Waals surface area contributed by atoms with E-state index in [0.29, 0.717) is 5.41 Å². The number of halogens is 1. The highest BCUT2D eigenvalue weighted by Crippen LogP contribution is 2.36. The molecule has 3 nitrogen and oxygen atoms in total. The van der Waals surface area contributed by atoms with Crippen LogP contribution in [-0.2, 0) is 4.79 Å². The van der Waals surface area contributed by atoms with Crippen molar-refractivity contribution in [1.82, 2.24) is 0 Å². The highest BCUT2D eigenvalue weighted by molar-refractivity contribution is 9.10. The van der Waals surface area contributed by atoms with Gasteiger partial charge in [0.1, 0.15) is 0 Å². The lowest BCUT2D eigenvalue weighted by Crippen LogP contribution is -2.38. The van der Waals surface area contributed by atoms with Crippen molar-refractivity contribution in [3.8, 4) is 0 Å². The van der Waals surface area contributed by atoms with Gasteiger partial charge >= 0.3 is 5.97 Å². The number of anilines is 1. The number of hydrogen-bond acceptors (Lipinski definition) is 2. The number of carboxylic acid groups (broad SMARTS) is 1. The first-order valence-electron chi connectivity index (χ1n) is 7.39. The van der Waals surface area contributed by atoms with E-state index >= 15 is 0 Å². The maximum atomic E-state index is 10.6. The van der Waals surface area contributed by atoms with Gasteiger partial charge in [0.2, 0.25) is 0 Å². The second-order valence-electron chi connectivity index (χ2n) is 6.03. The minimum absolute atomic E-state index is 0.484. The Bertz CT molecular complexity index is 546. The Hall–Kier alpha value is -1.29. The topological polar surface area (TPSA) is 40.5 Å². The first kappa shape index (κ1) is 16.1. The van der Waals surface area contributed by atoms with E-state index in [1.54, 1.807) is 6.08 Å². The number of carboxylic acids is 1. The van der Waals surface area contributed by atoms with Gasteiger partial charge in [0.25, 0.3) is 0 Å². The highest BCUT2D eigenvalue weighted by Gasteiger charge is 2.28. The lowest BCUT2D eigenvalue weighted by Gasteiger charge is -2.40. The molecule has 0 aliphatic carbocycles. The normalized spacial score (nSPS) is 18.1. The predicted octanol–water partition coefficient (Wildman–Crippen LogP) is 4.56. The van der Waals surface area contributed by atoms with Crippen molar-refractivity contribution < 1.29 is 9.90 Å². The van der Waals surface area contributed by atoms with Crippen molar-refractivity contribution in [2.75, 3.05) is 18.0 Å². The first-order chi connectivity index (χ1) is 9.93. The van der Waals surface area contributed by atoms with Crippen molar-refractivity contribution in [3.05, 3.63) is 34.3 Å². The Balaban J connectivity index is 2.09. The van der Waals surface area contributed by atoms with Crippen LogP contribution in [0.4, 0.5) is 5.69 Å². The average molecular weight is 352 g/mol. The molecule has 1 aliphatic rings. The second-order valence-corrected chi connectivity index (χ2v) is 6.88. The van der Waals surface area contributed by atoms with Crippen LogP contribution in [0.5, 0.6) is 0 Å². The number of hydrogen-bond donors (Lipinski definition) is 1. The Morgan fingerprint density at radius 3 is 2.62 bits per heavy atom. The number of carbonyl (C=O) groups is 1. The molecule has 0 aromatic heterocycles. The van der Waals surface area contributed by atoms with Crippen LogP contribution in [0.3, 0.4) is 0 Å². The van der Waals surface area contributed by atoms with E-state index in [1.165, 1.54) is 24.9 Å². The van der Waals surface area contributed by atoms with Crippen LogP contribution in [0.2, 0.25) is 0 Å².